The van der Waals surface area contributed by atoms with Crippen LogP contribution < -0.4 is 5.32 Å². The molecule has 1 aromatic carbocycles. The minimum atomic E-state index is -1.31. The molecule has 1 amide bonds. The predicted octanol–water partition coefficient (Wildman–Crippen LogP) is 2.52. The summed E-state index contributed by atoms with van der Waals surface area (Å²) in [6, 6.07) is 9.18. The van der Waals surface area contributed by atoms with Gasteiger partial charge in [-0.2, -0.15) is 0 Å². The molecule has 0 unspecified atom stereocenters. The quantitative estimate of drug-likeness (QED) is 0.767. The van der Waals surface area contributed by atoms with Crippen LogP contribution in [0.3, 0.4) is 0 Å². The minimum Gasteiger partial charge on any atom is -0.380 e. The smallest absolute Gasteiger partial charge is 0.256 e. The highest BCUT2D eigenvalue weighted by molar-refractivity contribution is 6.55. The number of aliphatic hydroxyl groups is 1. The van der Waals surface area contributed by atoms with Gasteiger partial charge in [0.05, 0.1) is 0 Å². The Balaban J connectivity index is 2.57. The molecule has 0 fully saturated rings. The van der Waals surface area contributed by atoms with Gasteiger partial charge < -0.3 is 10.4 Å². The van der Waals surface area contributed by atoms with Crippen molar-refractivity contribution in [2.75, 3.05) is 5.32 Å². The summed E-state index contributed by atoms with van der Waals surface area (Å²) < 4.78 is 0. The van der Waals surface area contributed by atoms with Gasteiger partial charge in [0.25, 0.3) is 5.91 Å². The maximum Gasteiger partial charge on any atom is 0.256 e. The van der Waals surface area contributed by atoms with Gasteiger partial charge in [-0.1, -0.05) is 38.2 Å². The number of rotatable bonds is 5. The van der Waals surface area contributed by atoms with Crippen LogP contribution in [0.25, 0.3) is 0 Å². The van der Waals surface area contributed by atoms with Crippen LogP contribution in [0, 0.1) is 0 Å². The van der Waals surface area contributed by atoms with E-state index in [2.05, 4.69) is 19.0 Å². The third-order valence-electron chi connectivity index (χ3n) is 2.73. The Labute approximate surface area is 103 Å². The summed E-state index contributed by atoms with van der Waals surface area (Å²) in [6.07, 6.45) is 1.30. The molecule has 0 spiro atoms. The highest BCUT2D eigenvalue weighted by atomic mass is 16.3. The average Bonchev–Trinajstić information content (AvgIpc) is 2.28. The summed E-state index contributed by atoms with van der Waals surface area (Å²) in [5.41, 5.74) is -0.595. The van der Waals surface area contributed by atoms with Crippen molar-refractivity contribution in [1.82, 2.24) is 0 Å². The molecular formula is C13H20BNO2. The highest BCUT2D eigenvalue weighted by Gasteiger charge is 2.30. The molecule has 0 saturated heterocycles. The zero-order valence-electron chi connectivity index (χ0n) is 10.7. The Morgan fingerprint density at radius 2 is 1.94 bits per heavy atom. The van der Waals surface area contributed by atoms with Crippen molar-refractivity contribution in [3.63, 3.8) is 0 Å². The van der Waals surface area contributed by atoms with E-state index < -0.39 is 5.60 Å². The SMILES string of the molecule is CB(C)CC[C@](C)(O)C(=O)Nc1ccccc1. The molecule has 0 bridgehead atoms. The molecule has 4 heteroatoms. The fourth-order valence-corrected chi connectivity index (χ4v) is 1.47. The van der Waals surface area contributed by atoms with Gasteiger partial charge in [-0.05, 0) is 25.5 Å². The fraction of sp³-hybridized carbons (Fsp3) is 0.462. The van der Waals surface area contributed by atoms with Crippen molar-refractivity contribution >= 4 is 18.3 Å². The maximum atomic E-state index is 11.9. The van der Waals surface area contributed by atoms with Crippen LogP contribution in [0.5, 0.6) is 0 Å². The molecule has 0 radical (unpaired) electrons. The molecule has 92 valence electrons. The molecule has 1 atom stereocenters. The summed E-state index contributed by atoms with van der Waals surface area (Å²) in [5, 5.41) is 12.8. The van der Waals surface area contributed by atoms with Crippen molar-refractivity contribution < 1.29 is 9.90 Å². The number of carbonyl (C=O) groups excluding carboxylic acids is 1. The van der Waals surface area contributed by atoms with Crippen LogP contribution >= 0.6 is 0 Å². The van der Waals surface area contributed by atoms with Crippen LogP contribution in [0.15, 0.2) is 30.3 Å². The van der Waals surface area contributed by atoms with E-state index in [-0.39, 0.29) is 5.91 Å². The summed E-state index contributed by atoms with van der Waals surface area (Å²) in [6.45, 7) is 6.19. The molecule has 0 heterocycles. The first kappa shape index (κ1) is 13.8. The fourth-order valence-electron chi connectivity index (χ4n) is 1.47. The van der Waals surface area contributed by atoms with Gasteiger partial charge in [0.1, 0.15) is 12.3 Å². The second-order valence-electron chi connectivity index (χ2n) is 5.03. The first-order chi connectivity index (χ1) is 7.92. The van der Waals surface area contributed by atoms with Gasteiger partial charge in [0.2, 0.25) is 0 Å². The van der Waals surface area contributed by atoms with Gasteiger partial charge in [0, 0.05) is 5.69 Å². The van der Waals surface area contributed by atoms with E-state index in [1.54, 1.807) is 19.1 Å². The van der Waals surface area contributed by atoms with Crippen LogP contribution in [-0.4, -0.2) is 23.3 Å². The lowest BCUT2D eigenvalue weighted by molar-refractivity contribution is -0.132. The van der Waals surface area contributed by atoms with E-state index in [0.29, 0.717) is 18.8 Å². The molecule has 1 rings (SSSR count). The first-order valence-corrected chi connectivity index (χ1v) is 6.00. The van der Waals surface area contributed by atoms with Crippen LogP contribution in [0.1, 0.15) is 13.3 Å². The molecule has 1 aromatic rings. The van der Waals surface area contributed by atoms with Gasteiger partial charge in [-0.3, -0.25) is 4.79 Å². The number of anilines is 1. The zero-order chi connectivity index (χ0) is 12.9. The molecule has 2 N–H and O–H groups in total. The van der Waals surface area contributed by atoms with Gasteiger partial charge in [-0.25, -0.2) is 0 Å². The molecule has 0 saturated carbocycles. The molecule has 17 heavy (non-hydrogen) atoms. The molecule has 0 aliphatic carbocycles. The largest absolute Gasteiger partial charge is 0.380 e. The monoisotopic (exact) mass is 233 g/mol. The zero-order valence-corrected chi connectivity index (χ0v) is 10.7. The maximum absolute atomic E-state index is 11.9. The van der Waals surface area contributed by atoms with E-state index in [1.165, 1.54) is 0 Å². The topological polar surface area (TPSA) is 49.3 Å². The standard InChI is InChI=1S/C13H20BNO2/c1-13(17,9-10-14(2)3)12(16)15-11-7-5-4-6-8-11/h4-8,17H,9-10H2,1-3H3,(H,15,16)/t13-/m0/s1. The Hall–Kier alpha value is -1.29. The van der Waals surface area contributed by atoms with E-state index in [0.717, 1.165) is 6.32 Å². The lowest BCUT2D eigenvalue weighted by atomic mass is 9.51. The molecule has 0 aliphatic rings. The van der Waals surface area contributed by atoms with Crippen LogP contribution in [0.4, 0.5) is 5.69 Å². The lowest BCUT2D eigenvalue weighted by Gasteiger charge is -2.22. The van der Waals surface area contributed by atoms with E-state index >= 15 is 0 Å². The number of benzene rings is 1. The molecular weight excluding hydrogens is 213 g/mol. The minimum absolute atomic E-state index is 0.343. The molecule has 3 nitrogen and oxygen atoms in total. The summed E-state index contributed by atoms with van der Waals surface area (Å²) in [5.74, 6) is -0.343. The lowest BCUT2D eigenvalue weighted by Crippen LogP contribution is -2.40. The second kappa shape index (κ2) is 5.87. The second-order valence-corrected chi connectivity index (χ2v) is 5.03. The average molecular weight is 233 g/mol. The molecule has 0 aromatic heterocycles. The molecule has 0 aliphatic heterocycles. The van der Waals surface area contributed by atoms with Crippen LogP contribution in [-0.2, 0) is 4.79 Å². The van der Waals surface area contributed by atoms with E-state index in [9.17, 15) is 9.90 Å². The number of hydrogen-bond donors (Lipinski definition) is 2. The Kier molecular flexibility index (Phi) is 4.76. The van der Waals surface area contributed by atoms with Crippen molar-refractivity contribution in [3.05, 3.63) is 30.3 Å². The Morgan fingerprint density at radius 1 is 1.35 bits per heavy atom. The first-order valence-electron chi connectivity index (χ1n) is 6.00. The number of hydrogen-bond acceptors (Lipinski definition) is 2. The van der Waals surface area contributed by atoms with E-state index in [4.69, 9.17) is 0 Å². The number of nitrogens with one attached hydrogen (secondary N) is 1. The third kappa shape index (κ3) is 4.61. The summed E-state index contributed by atoms with van der Waals surface area (Å²) in [7, 11) is 0. The van der Waals surface area contributed by atoms with Crippen molar-refractivity contribution in [2.24, 2.45) is 0 Å². The Morgan fingerprint density at radius 3 is 2.47 bits per heavy atom. The Bertz CT molecular complexity index is 363. The number of amides is 1. The van der Waals surface area contributed by atoms with E-state index in [1.807, 2.05) is 18.2 Å². The third-order valence-corrected chi connectivity index (χ3v) is 2.73. The van der Waals surface area contributed by atoms with Crippen molar-refractivity contribution in [2.45, 2.75) is 38.9 Å². The highest BCUT2D eigenvalue weighted by Crippen LogP contribution is 2.17. The predicted molar refractivity (Wildman–Crippen MR) is 72.6 cm³/mol. The van der Waals surface area contributed by atoms with Crippen molar-refractivity contribution in [3.8, 4) is 0 Å². The number of para-hydroxylation sites is 1. The van der Waals surface area contributed by atoms with Crippen molar-refractivity contribution in [1.29, 1.82) is 0 Å². The summed E-state index contributed by atoms with van der Waals surface area (Å²) in [4.78, 5) is 11.9. The van der Waals surface area contributed by atoms with Gasteiger partial charge in [-0.15, -0.1) is 0 Å². The summed E-state index contributed by atoms with van der Waals surface area (Å²) >= 11 is 0. The van der Waals surface area contributed by atoms with Gasteiger partial charge >= 0.3 is 0 Å². The normalized spacial score (nSPS) is 13.9. The number of carbonyl (C=O) groups is 1. The van der Waals surface area contributed by atoms with Gasteiger partial charge in [0.15, 0.2) is 0 Å². The van der Waals surface area contributed by atoms with Crippen LogP contribution in [0.2, 0.25) is 20.0 Å².